The third-order valence-electron chi connectivity index (χ3n) is 3.05. The van der Waals surface area contributed by atoms with Gasteiger partial charge in [-0.05, 0) is 12.1 Å². The van der Waals surface area contributed by atoms with Crippen molar-refractivity contribution in [2.75, 3.05) is 0 Å². The molecule has 1 heterocycles. The van der Waals surface area contributed by atoms with E-state index in [2.05, 4.69) is 10.3 Å². The number of hydrogen-bond donors (Lipinski definition) is 2. The lowest BCUT2D eigenvalue weighted by Gasteiger charge is -2.05. The summed E-state index contributed by atoms with van der Waals surface area (Å²) in [7, 11) is 0. The molecule has 0 unspecified atom stereocenters. The van der Waals surface area contributed by atoms with Gasteiger partial charge in [-0.3, -0.25) is 0 Å². The third kappa shape index (κ3) is 2.34. The molecular weight excluding hydrogens is 270 g/mol. The Kier molecular flexibility index (Phi) is 3.12. The highest BCUT2D eigenvalue weighted by Gasteiger charge is 2.15. The molecule has 0 radical (unpaired) electrons. The van der Waals surface area contributed by atoms with E-state index < -0.39 is 5.97 Å². The van der Waals surface area contributed by atoms with Crippen molar-refractivity contribution >= 4 is 5.97 Å². The molecule has 6 nitrogen and oxygen atoms in total. The first kappa shape index (κ1) is 12.9. The molecule has 104 valence electrons. The van der Waals surface area contributed by atoms with E-state index in [1.807, 2.05) is 30.3 Å². The number of rotatable bonds is 3. The van der Waals surface area contributed by atoms with Gasteiger partial charge in [-0.2, -0.15) is 0 Å². The summed E-state index contributed by atoms with van der Waals surface area (Å²) in [4.78, 5) is 11.0. The molecule has 2 N–H and O–H groups in total. The van der Waals surface area contributed by atoms with Crippen LogP contribution in [0.15, 0.2) is 54.7 Å². The predicted molar refractivity (Wildman–Crippen MR) is 75.4 cm³/mol. The van der Waals surface area contributed by atoms with E-state index in [1.165, 1.54) is 10.7 Å². The van der Waals surface area contributed by atoms with Crippen molar-refractivity contribution in [1.82, 2.24) is 15.0 Å². The molecule has 0 bridgehead atoms. The second-order valence-corrected chi connectivity index (χ2v) is 4.39. The van der Waals surface area contributed by atoms with Gasteiger partial charge in [-0.25, -0.2) is 9.48 Å². The number of para-hydroxylation sites is 1. The lowest BCUT2D eigenvalue weighted by Crippen LogP contribution is -2.01. The van der Waals surface area contributed by atoms with E-state index in [4.69, 9.17) is 5.11 Å². The highest BCUT2D eigenvalue weighted by Crippen LogP contribution is 2.26. The number of carboxylic acids is 1. The summed E-state index contributed by atoms with van der Waals surface area (Å²) in [6.45, 7) is 0. The lowest BCUT2D eigenvalue weighted by atomic mass is 10.1. The number of aromatic hydroxyl groups is 1. The molecule has 2 aromatic carbocycles. The zero-order valence-corrected chi connectivity index (χ0v) is 10.8. The molecule has 0 aliphatic carbocycles. The van der Waals surface area contributed by atoms with E-state index >= 15 is 0 Å². The first-order valence-electron chi connectivity index (χ1n) is 6.20. The van der Waals surface area contributed by atoms with Crippen LogP contribution in [0.3, 0.4) is 0 Å². The van der Waals surface area contributed by atoms with E-state index in [-0.39, 0.29) is 17.0 Å². The third-order valence-corrected chi connectivity index (χ3v) is 3.05. The standard InChI is InChI=1S/C15H11N3O3/c19-14-11(15(20)21)7-4-8-13(14)18-9-12(16-17-18)10-5-2-1-3-6-10/h1-9,19H,(H,20,21). The average molecular weight is 281 g/mol. The second-order valence-electron chi connectivity index (χ2n) is 4.39. The van der Waals surface area contributed by atoms with Gasteiger partial charge in [0.25, 0.3) is 0 Å². The highest BCUT2D eigenvalue weighted by molar-refractivity contribution is 5.92. The van der Waals surface area contributed by atoms with Crippen LogP contribution in [0.4, 0.5) is 0 Å². The van der Waals surface area contributed by atoms with E-state index in [0.717, 1.165) is 5.56 Å². The SMILES string of the molecule is O=C(O)c1cccc(-n2cc(-c3ccccc3)nn2)c1O. The topological polar surface area (TPSA) is 88.2 Å². The average Bonchev–Trinajstić information content (AvgIpc) is 2.98. The normalized spacial score (nSPS) is 10.5. The van der Waals surface area contributed by atoms with Crippen LogP contribution < -0.4 is 0 Å². The van der Waals surface area contributed by atoms with Gasteiger partial charge >= 0.3 is 5.97 Å². The van der Waals surface area contributed by atoms with Crippen LogP contribution in [0.5, 0.6) is 5.75 Å². The van der Waals surface area contributed by atoms with Crippen molar-refractivity contribution in [2.24, 2.45) is 0 Å². The molecule has 0 spiro atoms. The zero-order chi connectivity index (χ0) is 14.8. The molecule has 1 aromatic heterocycles. The molecule has 0 saturated heterocycles. The quantitative estimate of drug-likeness (QED) is 0.769. The summed E-state index contributed by atoms with van der Waals surface area (Å²) in [5.41, 5.74) is 1.61. The van der Waals surface area contributed by atoms with Gasteiger partial charge in [0, 0.05) is 5.56 Å². The first-order valence-corrected chi connectivity index (χ1v) is 6.20. The molecule has 3 aromatic rings. The molecule has 21 heavy (non-hydrogen) atoms. The number of phenols is 1. The Balaban J connectivity index is 2.05. The van der Waals surface area contributed by atoms with Crippen LogP contribution in [0, 0.1) is 0 Å². The van der Waals surface area contributed by atoms with Gasteiger partial charge < -0.3 is 10.2 Å². The Hall–Kier alpha value is -3.15. The van der Waals surface area contributed by atoms with Crippen molar-refractivity contribution in [3.8, 4) is 22.7 Å². The predicted octanol–water partition coefficient (Wildman–Crippen LogP) is 2.34. The Labute approximate surface area is 119 Å². The van der Waals surface area contributed by atoms with Crippen molar-refractivity contribution in [2.45, 2.75) is 0 Å². The minimum Gasteiger partial charge on any atom is -0.505 e. The van der Waals surface area contributed by atoms with Gasteiger partial charge in [0.2, 0.25) is 0 Å². The molecule has 3 rings (SSSR count). The molecule has 6 heteroatoms. The van der Waals surface area contributed by atoms with Crippen LogP contribution >= 0.6 is 0 Å². The maximum Gasteiger partial charge on any atom is 0.339 e. The highest BCUT2D eigenvalue weighted by atomic mass is 16.4. The Morgan fingerprint density at radius 2 is 1.81 bits per heavy atom. The van der Waals surface area contributed by atoms with Gasteiger partial charge in [0.15, 0.2) is 5.75 Å². The smallest absolute Gasteiger partial charge is 0.339 e. The van der Waals surface area contributed by atoms with Crippen LogP contribution in [-0.2, 0) is 0 Å². The maximum atomic E-state index is 11.0. The van der Waals surface area contributed by atoms with Crippen molar-refractivity contribution in [3.05, 3.63) is 60.3 Å². The minimum absolute atomic E-state index is 0.177. The first-order chi connectivity index (χ1) is 10.2. The number of carboxylic acid groups (broad SMARTS) is 1. The largest absolute Gasteiger partial charge is 0.505 e. The number of hydrogen-bond acceptors (Lipinski definition) is 4. The van der Waals surface area contributed by atoms with Gasteiger partial charge in [-0.1, -0.05) is 41.6 Å². The summed E-state index contributed by atoms with van der Waals surface area (Å²) in [5, 5.41) is 27.0. The molecular formula is C15H11N3O3. The van der Waals surface area contributed by atoms with Gasteiger partial charge in [-0.15, -0.1) is 5.10 Å². The summed E-state index contributed by atoms with van der Waals surface area (Å²) < 4.78 is 1.35. The van der Waals surface area contributed by atoms with Crippen molar-refractivity contribution in [3.63, 3.8) is 0 Å². The number of aromatic nitrogens is 3. The molecule has 0 amide bonds. The Bertz CT molecular complexity index is 797. The summed E-state index contributed by atoms with van der Waals surface area (Å²) >= 11 is 0. The molecule has 0 atom stereocenters. The van der Waals surface area contributed by atoms with Crippen LogP contribution in [0.25, 0.3) is 16.9 Å². The number of nitrogens with zero attached hydrogens (tertiary/aromatic N) is 3. The molecule has 0 fully saturated rings. The van der Waals surface area contributed by atoms with Gasteiger partial charge in [0.1, 0.15) is 16.9 Å². The fourth-order valence-corrected chi connectivity index (χ4v) is 2.01. The maximum absolute atomic E-state index is 11.0. The van der Waals surface area contributed by atoms with Crippen LogP contribution in [0.2, 0.25) is 0 Å². The number of benzene rings is 2. The van der Waals surface area contributed by atoms with Crippen molar-refractivity contribution in [1.29, 1.82) is 0 Å². The lowest BCUT2D eigenvalue weighted by molar-refractivity contribution is 0.0693. The summed E-state index contributed by atoms with van der Waals surface area (Å²) in [5.74, 6) is -1.53. The van der Waals surface area contributed by atoms with Gasteiger partial charge in [0.05, 0.1) is 6.20 Å². The summed E-state index contributed by atoms with van der Waals surface area (Å²) in [6.07, 6.45) is 1.63. The zero-order valence-electron chi connectivity index (χ0n) is 10.8. The monoisotopic (exact) mass is 281 g/mol. The molecule has 0 saturated carbocycles. The van der Waals surface area contributed by atoms with E-state index in [0.29, 0.717) is 5.69 Å². The molecule has 0 aliphatic heterocycles. The van der Waals surface area contributed by atoms with Crippen LogP contribution in [-0.4, -0.2) is 31.2 Å². The van der Waals surface area contributed by atoms with Crippen LogP contribution in [0.1, 0.15) is 10.4 Å². The van der Waals surface area contributed by atoms with E-state index in [9.17, 15) is 9.90 Å². The number of carbonyl (C=O) groups is 1. The number of aromatic carboxylic acids is 1. The fourth-order valence-electron chi connectivity index (χ4n) is 2.01. The van der Waals surface area contributed by atoms with E-state index in [1.54, 1.807) is 18.3 Å². The van der Waals surface area contributed by atoms with Crippen molar-refractivity contribution < 1.29 is 15.0 Å². The fraction of sp³-hybridized carbons (Fsp3) is 0. The second kappa shape index (κ2) is 5.09. The Morgan fingerprint density at radius 1 is 1.05 bits per heavy atom. The Morgan fingerprint density at radius 3 is 2.52 bits per heavy atom. The molecule has 0 aliphatic rings. The summed E-state index contributed by atoms with van der Waals surface area (Å²) in [6, 6.07) is 13.9. The minimum atomic E-state index is -1.20.